The molecule has 0 saturated heterocycles. The quantitative estimate of drug-likeness (QED) is 0.844. The Hall–Kier alpha value is -1.26. The molecule has 3 nitrogen and oxygen atoms in total. The van der Waals surface area contributed by atoms with E-state index in [-0.39, 0.29) is 0 Å². The molecule has 0 saturated carbocycles. The zero-order chi connectivity index (χ0) is 14.4. The number of aromatic nitrogens is 2. The number of hydrogen-bond acceptors (Lipinski definition) is 4. The van der Waals surface area contributed by atoms with Gasteiger partial charge in [0.15, 0.2) is 0 Å². The average Bonchev–Trinajstić information content (AvgIpc) is 2.93. The van der Waals surface area contributed by atoms with E-state index in [2.05, 4.69) is 60.6 Å². The van der Waals surface area contributed by atoms with E-state index in [9.17, 15) is 0 Å². The standard InChI is InChI=1S/C16H23N3S/c1-4-11-17-13(3)16-19-18-15(20-16)10-9-14-7-5-12(2)6-8-14/h5-8,13,17H,4,9-11H2,1-3H3. The van der Waals surface area contributed by atoms with Gasteiger partial charge in [-0.05, 0) is 38.8 Å². The first-order chi connectivity index (χ1) is 9.69. The van der Waals surface area contributed by atoms with E-state index in [1.54, 1.807) is 11.3 Å². The van der Waals surface area contributed by atoms with Crippen molar-refractivity contribution in [3.63, 3.8) is 0 Å². The van der Waals surface area contributed by atoms with Crippen molar-refractivity contribution in [2.75, 3.05) is 6.54 Å². The second kappa shape index (κ2) is 7.50. The summed E-state index contributed by atoms with van der Waals surface area (Å²) in [6.45, 7) is 7.47. The van der Waals surface area contributed by atoms with E-state index in [1.807, 2.05) is 0 Å². The molecule has 0 amide bonds. The van der Waals surface area contributed by atoms with Crippen molar-refractivity contribution in [2.45, 2.75) is 46.1 Å². The van der Waals surface area contributed by atoms with Crippen LogP contribution in [0.4, 0.5) is 0 Å². The van der Waals surface area contributed by atoms with Crippen LogP contribution in [-0.2, 0) is 12.8 Å². The lowest BCUT2D eigenvalue weighted by atomic mass is 10.1. The van der Waals surface area contributed by atoms with Gasteiger partial charge in [0.25, 0.3) is 0 Å². The van der Waals surface area contributed by atoms with Gasteiger partial charge in [-0.1, -0.05) is 48.1 Å². The molecule has 0 spiro atoms. The normalized spacial score (nSPS) is 12.6. The zero-order valence-electron chi connectivity index (χ0n) is 12.5. The molecular formula is C16H23N3S. The van der Waals surface area contributed by atoms with Crippen LogP contribution in [0, 0.1) is 6.92 Å². The number of benzene rings is 1. The van der Waals surface area contributed by atoms with Gasteiger partial charge < -0.3 is 5.32 Å². The topological polar surface area (TPSA) is 37.8 Å². The monoisotopic (exact) mass is 289 g/mol. The maximum absolute atomic E-state index is 4.31. The second-order valence-corrected chi connectivity index (χ2v) is 6.29. The van der Waals surface area contributed by atoms with Crippen LogP contribution in [-0.4, -0.2) is 16.7 Å². The molecule has 20 heavy (non-hydrogen) atoms. The smallest absolute Gasteiger partial charge is 0.134 e. The van der Waals surface area contributed by atoms with Crippen molar-refractivity contribution in [3.05, 3.63) is 45.4 Å². The third-order valence-corrected chi connectivity index (χ3v) is 4.47. The van der Waals surface area contributed by atoms with Gasteiger partial charge in [-0.15, -0.1) is 10.2 Å². The molecule has 0 bridgehead atoms. The SMILES string of the molecule is CCCNC(C)c1nnc(CCc2ccc(C)cc2)s1. The number of rotatable bonds is 7. The van der Waals surface area contributed by atoms with Crippen LogP contribution >= 0.6 is 11.3 Å². The Morgan fingerprint density at radius 1 is 1.15 bits per heavy atom. The van der Waals surface area contributed by atoms with E-state index in [1.165, 1.54) is 11.1 Å². The second-order valence-electron chi connectivity index (χ2n) is 5.20. The molecule has 2 aromatic rings. The molecule has 1 aromatic carbocycles. The molecule has 0 aliphatic carbocycles. The van der Waals surface area contributed by atoms with Crippen molar-refractivity contribution in [2.24, 2.45) is 0 Å². The summed E-state index contributed by atoms with van der Waals surface area (Å²) in [7, 11) is 0. The zero-order valence-corrected chi connectivity index (χ0v) is 13.3. The highest BCUT2D eigenvalue weighted by Gasteiger charge is 2.11. The minimum absolute atomic E-state index is 0.306. The summed E-state index contributed by atoms with van der Waals surface area (Å²) in [5.41, 5.74) is 2.67. The van der Waals surface area contributed by atoms with Crippen molar-refractivity contribution in [1.29, 1.82) is 0 Å². The summed E-state index contributed by atoms with van der Waals surface area (Å²) >= 11 is 1.73. The van der Waals surface area contributed by atoms with Gasteiger partial charge in [0, 0.05) is 6.42 Å². The Balaban J connectivity index is 1.87. The van der Waals surface area contributed by atoms with Crippen LogP contribution in [0.15, 0.2) is 24.3 Å². The van der Waals surface area contributed by atoms with Gasteiger partial charge in [0.2, 0.25) is 0 Å². The molecule has 1 heterocycles. The van der Waals surface area contributed by atoms with Crippen LogP contribution < -0.4 is 5.32 Å². The van der Waals surface area contributed by atoms with E-state index in [0.29, 0.717) is 6.04 Å². The average molecular weight is 289 g/mol. The molecule has 0 aliphatic rings. The van der Waals surface area contributed by atoms with Gasteiger partial charge in [0.05, 0.1) is 6.04 Å². The summed E-state index contributed by atoms with van der Waals surface area (Å²) < 4.78 is 0. The lowest BCUT2D eigenvalue weighted by Crippen LogP contribution is -2.18. The Morgan fingerprint density at radius 2 is 1.90 bits per heavy atom. The molecule has 4 heteroatoms. The lowest BCUT2D eigenvalue weighted by molar-refractivity contribution is 0.564. The van der Waals surface area contributed by atoms with Gasteiger partial charge >= 0.3 is 0 Å². The largest absolute Gasteiger partial charge is 0.308 e. The van der Waals surface area contributed by atoms with Crippen molar-refractivity contribution >= 4 is 11.3 Å². The number of hydrogen-bond donors (Lipinski definition) is 1. The lowest BCUT2D eigenvalue weighted by Gasteiger charge is -2.08. The molecule has 2 rings (SSSR count). The van der Waals surface area contributed by atoms with Crippen LogP contribution in [0.1, 0.15) is 47.5 Å². The molecule has 0 fully saturated rings. The van der Waals surface area contributed by atoms with E-state index >= 15 is 0 Å². The Bertz CT molecular complexity index is 519. The molecule has 1 atom stereocenters. The Kier molecular flexibility index (Phi) is 5.68. The number of aryl methyl sites for hydroxylation is 3. The molecule has 0 radical (unpaired) electrons. The molecule has 1 aromatic heterocycles. The molecule has 0 aliphatic heterocycles. The maximum atomic E-state index is 4.31. The predicted molar refractivity (Wildman–Crippen MR) is 85.2 cm³/mol. The van der Waals surface area contributed by atoms with E-state index in [4.69, 9.17) is 0 Å². The summed E-state index contributed by atoms with van der Waals surface area (Å²) in [6.07, 6.45) is 3.15. The predicted octanol–water partition coefficient (Wildman–Crippen LogP) is 3.69. The fourth-order valence-corrected chi connectivity index (χ4v) is 2.87. The minimum Gasteiger partial charge on any atom is -0.308 e. The maximum Gasteiger partial charge on any atom is 0.134 e. The van der Waals surface area contributed by atoms with Crippen LogP contribution in [0.5, 0.6) is 0 Å². The summed E-state index contributed by atoms with van der Waals surface area (Å²) in [5, 5.41) is 14.3. The number of nitrogens with zero attached hydrogens (tertiary/aromatic N) is 2. The Morgan fingerprint density at radius 3 is 2.60 bits per heavy atom. The van der Waals surface area contributed by atoms with Crippen LogP contribution in [0.3, 0.4) is 0 Å². The fourth-order valence-electron chi connectivity index (χ4n) is 2.00. The molecule has 1 unspecified atom stereocenters. The highest BCUT2D eigenvalue weighted by molar-refractivity contribution is 7.11. The van der Waals surface area contributed by atoms with Crippen LogP contribution in [0.25, 0.3) is 0 Å². The number of nitrogens with one attached hydrogen (secondary N) is 1. The Labute approximate surface area is 125 Å². The molecule has 1 N–H and O–H groups in total. The van der Waals surface area contributed by atoms with Gasteiger partial charge in [-0.25, -0.2) is 0 Å². The van der Waals surface area contributed by atoms with Crippen LogP contribution in [0.2, 0.25) is 0 Å². The first-order valence-electron chi connectivity index (χ1n) is 7.30. The first kappa shape index (κ1) is 15.1. The van der Waals surface area contributed by atoms with Crippen molar-refractivity contribution in [1.82, 2.24) is 15.5 Å². The van der Waals surface area contributed by atoms with Gasteiger partial charge in [0.1, 0.15) is 10.0 Å². The summed E-state index contributed by atoms with van der Waals surface area (Å²) in [4.78, 5) is 0. The van der Waals surface area contributed by atoms with Crippen molar-refractivity contribution in [3.8, 4) is 0 Å². The third kappa shape index (κ3) is 4.39. The third-order valence-electron chi connectivity index (χ3n) is 3.30. The molecular weight excluding hydrogens is 266 g/mol. The van der Waals surface area contributed by atoms with Gasteiger partial charge in [-0.3, -0.25) is 0 Å². The molecule has 108 valence electrons. The summed E-state index contributed by atoms with van der Waals surface area (Å²) in [5.74, 6) is 0. The van der Waals surface area contributed by atoms with E-state index in [0.717, 1.165) is 35.8 Å². The summed E-state index contributed by atoms with van der Waals surface area (Å²) in [6, 6.07) is 9.03. The highest BCUT2D eigenvalue weighted by atomic mass is 32.1. The van der Waals surface area contributed by atoms with Gasteiger partial charge in [-0.2, -0.15) is 0 Å². The van der Waals surface area contributed by atoms with Crippen molar-refractivity contribution < 1.29 is 0 Å². The minimum atomic E-state index is 0.306. The fraction of sp³-hybridized carbons (Fsp3) is 0.500. The highest BCUT2D eigenvalue weighted by Crippen LogP contribution is 2.19. The first-order valence-corrected chi connectivity index (χ1v) is 8.12. The van der Waals surface area contributed by atoms with E-state index < -0.39 is 0 Å².